The lowest BCUT2D eigenvalue weighted by atomic mass is 10.1. The molecule has 0 aliphatic heterocycles. The molecule has 1 N–H and O–H groups in total. The molecule has 1 heterocycles. The first-order valence-electron chi connectivity index (χ1n) is 8.34. The van der Waals surface area contributed by atoms with Gasteiger partial charge in [-0.05, 0) is 23.8 Å². The van der Waals surface area contributed by atoms with Crippen molar-refractivity contribution in [1.82, 2.24) is 3.97 Å². The van der Waals surface area contributed by atoms with Crippen molar-refractivity contribution in [3.63, 3.8) is 0 Å². The van der Waals surface area contributed by atoms with Crippen molar-refractivity contribution in [2.24, 2.45) is 0 Å². The van der Waals surface area contributed by atoms with E-state index >= 15 is 0 Å². The zero-order valence-electron chi connectivity index (χ0n) is 14.2. The minimum Gasteiger partial charge on any atom is -0.392 e. The lowest BCUT2D eigenvalue weighted by molar-refractivity contribution is 0.282. The number of aromatic nitrogens is 1. The Morgan fingerprint density at radius 3 is 2.22 bits per heavy atom. The van der Waals surface area contributed by atoms with E-state index in [4.69, 9.17) is 11.6 Å². The van der Waals surface area contributed by atoms with E-state index in [0.717, 1.165) is 0 Å². The van der Waals surface area contributed by atoms with E-state index in [2.05, 4.69) is 0 Å². The molecule has 0 fully saturated rings. The number of fused-ring (bicyclic) bond motifs is 1. The highest BCUT2D eigenvalue weighted by molar-refractivity contribution is 7.90. The molecule has 1 aromatic heterocycles. The van der Waals surface area contributed by atoms with Crippen LogP contribution in [0.2, 0.25) is 5.02 Å². The van der Waals surface area contributed by atoms with Gasteiger partial charge in [-0.15, -0.1) is 0 Å². The lowest BCUT2D eigenvalue weighted by Crippen LogP contribution is -2.14. The summed E-state index contributed by atoms with van der Waals surface area (Å²) in [6, 6.07) is 22.5. The van der Waals surface area contributed by atoms with Crippen LogP contribution in [-0.4, -0.2) is 17.5 Å². The average molecular weight is 398 g/mol. The van der Waals surface area contributed by atoms with Crippen LogP contribution in [0.15, 0.2) is 83.8 Å². The molecular formula is C21H16ClNO3S. The predicted octanol–water partition coefficient (Wildman–Crippen LogP) is 4.69. The van der Waals surface area contributed by atoms with Crippen LogP contribution in [0.4, 0.5) is 0 Å². The molecule has 0 amide bonds. The SMILES string of the molecule is O=S(=O)(c1ccccc1)n1c(-c2ccccc2CO)c(Cl)c2ccccc21. The van der Waals surface area contributed by atoms with Gasteiger partial charge in [0, 0.05) is 10.9 Å². The summed E-state index contributed by atoms with van der Waals surface area (Å²) in [4.78, 5) is 0.171. The summed E-state index contributed by atoms with van der Waals surface area (Å²) >= 11 is 6.65. The number of nitrogens with zero attached hydrogens (tertiary/aromatic N) is 1. The molecule has 0 aliphatic rings. The molecule has 27 heavy (non-hydrogen) atoms. The van der Waals surface area contributed by atoms with E-state index in [0.29, 0.717) is 32.7 Å². The summed E-state index contributed by atoms with van der Waals surface area (Å²) in [5, 5.41) is 10.7. The third-order valence-electron chi connectivity index (χ3n) is 4.49. The van der Waals surface area contributed by atoms with Crippen molar-refractivity contribution in [3.05, 3.63) is 89.4 Å². The van der Waals surface area contributed by atoms with Gasteiger partial charge in [0.25, 0.3) is 10.0 Å². The van der Waals surface area contributed by atoms with Gasteiger partial charge in [0.05, 0.1) is 27.7 Å². The highest BCUT2D eigenvalue weighted by Crippen LogP contribution is 2.41. The average Bonchev–Trinajstić information content (AvgIpc) is 3.02. The molecule has 0 saturated carbocycles. The molecule has 4 aromatic rings. The molecule has 0 unspecified atom stereocenters. The maximum atomic E-state index is 13.5. The molecule has 0 atom stereocenters. The topological polar surface area (TPSA) is 59.3 Å². The second-order valence-corrected chi connectivity index (χ2v) is 8.24. The Kier molecular flexibility index (Phi) is 4.52. The van der Waals surface area contributed by atoms with Gasteiger partial charge >= 0.3 is 0 Å². The first kappa shape index (κ1) is 17.8. The number of rotatable bonds is 4. The van der Waals surface area contributed by atoms with Crippen molar-refractivity contribution in [2.45, 2.75) is 11.5 Å². The molecular weight excluding hydrogens is 382 g/mol. The van der Waals surface area contributed by atoms with E-state index in [1.807, 2.05) is 6.07 Å². The minimum atomic E-state index is -3.90. The summed E-state index contributed by atoms with van der Waals surface area (Å²) < 4.78 is 28.3. The standard InChI is InChI=1S/C21H16ClNO3S/c22-20-18-12-6-7-13-19(18)23(27(25,26)16-9-2-1-3-10-16)21(20)17-11-5-4-8-15(17)14-24/h1-13,24H,14H2. The van der Waals surface area contributed by atoms with Crippen molar-refractivity contribution < 1.29 is 13.5 Å². The summed E-state index contributed by atoms with van der Waals surface area (Å²) in [6.45, 7) is -0.223. The van der Waals surface area contributed by atoms with Crippen molar-refractivity contribution >= 4 is 32.5 Å². The molecule has 0 saturated heterocycles. The van der Waals surface area contributed by atoms with Crippen LogP contribution < -0.4 is 0 Å². The van der Waals surface area contributed by atoms with Gasteiger partial charge in [0.15, 0.2) is 0 Å². The zero-order chi connectivity index (χ0) is 19.0. The van der Waals surface area contributed by atoms with Gasteiger partial charge in [-0.1, -0.05) is 72.3 Å². The first-order valence-corrected chi connectivity index (χ1v) is 10.2. The first-order chi connectivity index (χ1) is 13.1. The maximum absolute atomic E-state index is 13.5. The van der Waals surface area contributed by atoms with E-state index in [9.17, 15) is 13.5 Å². The minimum absolute atomic E-state index is 0.171. The molecule has 4 rings (SSSR count). The maximum Gasteiger partial charge on any atom is 0.268 e. The van der Waals surface area contributed by atoms with Crippen LogP contribution in [0.1, 0.15) is 5.56 Å². The largest absolute Gasteiger partial charge is 0.392 e. The van der Waals surface area contributed by atoms with E-state index in [1.165, 1.54) is 3.97 Å². The Bertz CT molecular complexity index is 1230. The zero-order valence-corrected chi connectivity index (χ0v) is 15.8. The van der Waals surface area contributed by atoms with Crippen LogP contribution in [0.5, 0.6) is 0 Å². The molecule has 136 valence electrons. The Labute approximate surface area is 162 Å². The Balaban J connectivity index is 2.15. The predicted molar refractivity (Wildman–Crippen MR) is 107 cm³/mol. The lowest BCUT2D eigenvalue weighted by Gasteiger charge is -2.14. The van der Waals surface area contributed by atoms with Crippen molar-refractivity contribution in [3.8, 4) is 11.3 Å². The second-order valence-electron chi connectivity index (χ2n) is 6.08. The van der Waals surface area contributed by atoms with Gasteiger partial charge in [0.1, 0.15) is 0 Å². The highest BCUT2D eigenvalue weighted by Gasteiger charge is 2.27. The van der Waals surface area contributed by atoms with Crippen molar-refractivity contribution in [2.75, 3.05) is 0 Å². The second kappa shape index (κ2) is 6.85. The number of aliphatic hydroxyl groups is 1. The van der Waals surface area contributed by atoms with Crippen molar-refractivity contribution in [1.29, 1.82) is 0 Å². The Morgan fingerprint density at radius 1 is 0.852 bits per heavy atom. The number of para-hydroxylation sites is 1. The van der Waals surface area contributed by atoms with Gasteiger partial charge < -0.3 is 5.11 Å². The molecule has 0 spiro atoms. The molecule has 0 radical (unpaired) electrons. The van der Waals surface area contributed by atoms with Gasteiger partial charge in [-0.25, -0.2) is 12.4 Å². The number of halogens is 1. The normalized spacial score (nSPS) is 11.8. The summed E-state index contributed by atoms with van der Waals surface area (Å²) in [7, 11) is -3.90. The Hall–Kier alpha value is -2.60. The van der Waals surface area contributed by atoms with Gasteiger partial charge in [-0.3, -0.25) is 0 Å². The third-order valence-corrected chi connectivity index (χ3v) is 6.61. The summed E-state index contributed by atoms with van der Waals surface area (Å²) in [5.41, 5.74) is 2.04. The van der Waals surface area contributed by atoms with E-state index in [1.54, 1.807) is 72.8 Å². The molecule has 3 aromatic carbocycles. The van der Waals surface area contributed by atoms with Gasteiger partial charge in [-0.2, -0.15) is 0 Å². The number of hydrogen-bond acceptors (Lipinski definition) is 3. The fraction of sp³-hybridized carbons (Fsp3) is 0.0476. The highest BCUT2D eigenvalue weighted by atomic mass is 35.5. The van der Waals surface area contributed by atoms with Crippen LogP contribution in [0.25, 0.3) is 22.2 Å². The van der Waals surface area contributed by atoms with Gasteiger partial charge in [0.2, 0.25) is 0 Å². The van der Waals surface area contributed by atoms with Crippen LogP contribution in [-0.2, 0) is 16.6 Å². The number of benzene rings is 3. The smallest absolute Gasteiger partial charge is 0.268 e. The monoisotopic (exact) mass is 397 g/mol. The van der Waals surface area contributed by atoms with E-state index in [-0.39, 0.29) is 11.5 Å². The molecule has 0 aliphatic carbocycles. The van der Waals surface area contributed by atoms with E-state index < -0.39 is 10.0 Å². The van der Waals surface area contributed by atoms with Crippen LogP contribution in [0, 0.1) is 0 Å². The number of hydrogen-bond donors (Lipinski definition) is 1. The Morgan fingerprint density at radius 2 is 1.48 bits per heavy atom. The molecule has 0 bridgehead atoms. The molecule has 6 heteroatoms. The fourth-order valence-electron chi connectivity index (χ4n) is 3.24. The fourth-order valence-corrected chi connectivity index (χ4v) is 5.19. The quantitative estimate of drug-likeness (QED) is 0.543. The third kappa shape index (κ3) is 2.84. The van der Waals surface area contributed by atoms with Crippen LogP contribution >= 0.6 is 11.6 Å². The molecule has 4 nitrogen and oxygen atoms in total. The summed E-state index contributed by atoms with van der Waals surface area (Å²) in [6.07, 6.45) is 0. The summed E-state index contributed by atoms with van der Waals surface area (Å²) in [5.74, 6) is 0. The number of aliphatic hydroxyl groups excluding tert-OH is 1. The van der Waals surface area contributed by atoms with Crippen LogP contribution in [0.3, 0.4) is 0 Å².